The number of hydrogen-bond acceptors (Lipinski definition) is 5. The molecule has 2 aromatic carbocycles. The Morgan fingerprint density at radius 1 is 1.21 bits per heavy atom. The Labute approximate surface area is 167 Å². The molecule has 1 aliphatic rings. The Morgan fingerprint density at radius 3 is 2.64 bits per heavy atom. The van der Waals surface area contributed by atoms with E-state index in [1.54, 1.807) is 31.2 Å². The van der Waals surface area contributed by atoms with Crippen LogP contribution in [0.2, 0.25) is 5.02 Å². The number of amides is 1. The first-order valence-electron chi connectivity index (χ1n) is 8.49. The highest BCUT2D eigenvalue weighted by atomic mass is 35.5. The van der Waals surface area contributed by atoms with E-state index < -0.39 is 15.9 Å². The highest BCUT2D eigenvalue weighted by Gasteiger charge is 2.31. The average Bonchev–Trinajstić information content (AvgIpc) is 3.28. The van der Waals surface area contributed by atoms with Crippen LogP contribution in [0.1, 0.15) is 21.9 Å². The summed E-state index contributed by atoms with van der Waals surface area (Å²) in [5.41, 5.74) is 2.07. The fourth-order valence-corrected chi connectivity index (χ4v) is 4.69. The molecule has 1 N–H and O–H groups in total. The molecule has 9 heteroatoms. The molecule has 0 fully saturated rings. The largest absolute Gasteiger partial charge is 0.448 e. The summed E-state index contributed by atoms with van der Waals surface area (Å²) in [6, 6.07) is 11.3. The van der Waals surface area contributed by atoms with Gasteiger partial charge in [-0.3, -0.25) is 9.10 Å². The molecule has 0 atom stereocenters. The van der Waals surface area contributed by atoms with Crippen molar-refractivity contribution in [1.82, 2.24) is 4.98 Å². The summed E-state index contributed by atoms with van der Waals surface area (Å²) in [5.74, 6) is -0.0405. The standard InChI is InChI=1S/C19H16ClN3O4S/c1-12-21-17(11-27-12)19(24)22-15-5-2-13-8-9-23(18(13)10-15)28(25,26)16-6-3-14(20)4-7-16/h2-7,10-11H,8-9H2,1H3,(H,22,24). The smallest absolute Gasteiger partial charge is 0.277 e. The van der Waals surface area contributed by atoms with Gasteiger partial charge in [-0.25, -0.2) is 13.4 Å². The molecule has 144 valence electrons. The van der Waals surface area contributed by atoms with E-state index in [2.05, 4.69) is 10.3 Å². The fraction of sp³-hybridized carbons (Fsp3) is 0.158. The highest BCUT2D eigenvalue weighted by molar-refractivity contribution is 7.92. The summed E-state index contributed by atoms with van der Waals surface area (Å²) >= 11 is 5.86. The lowest BCUT2D eigenvalue weighted by Crippen LogP contribution is -2.29. The predicted octanol–water partition coefficient (Wildman–Crippen LogP) is 3.64. The predicted molar refractivity (Wildman–Crippen MR) is 105 cm³/mol. The van der Waals surface area contributed by atoms with Crippen molar-refractivity contribution in [2.24, 2.45) is 0 Å². The number of nitrogens with one attached hydrogen (secondary N) is 1. The van der Waals surface area contributed by atoms with Crippen molar-refractivity contribution in [2.45, 2.75) is 18.2 Å². The van der Waals surface area contributed by atoms with Crippen molar-refractivity contribution >= 4 is 38.9 Å². The molecular weight excluding hydrogens is 402 g/mol. The first-order valence-corrected chi connectivity index (χ1v) is 10.3. The van der Waals surface area contributed by atoms with Gasteiger partial charge in [-0.1, -0.05) is 17.7 Å². The SMILES string of the molecule is Cc1nc(C(=O)Nc2ccc3c(c2)N(S(=O)(=O)c2ccc(Cl)cc2)CC3)co1. The number of sulfonamides is 1. The Balaban J connectivity index is 1.63. The molecule has 1 amide bonds. The molecule has 1 aliphatic heterocycles. The second-order valence-electron chi connectivity index (χ2n) is 6.33. The molecule has 0 spiro atoms. The topological polar surface area (TPSA) is 92.5 Å². The average molecular weight is 418 g/mol. The molecule has 28 heavy (non-hydrogen) atoms. The third kappa shape index (κ3) is 3.36. The first kappa shape index (κ1) is 18.5. The van der Waals surface area contributed by atoms with Gasteiger partial charge in [-0.15, -0.1) is 0 Å². The minimum absolute atomic E-state index is 0.156. The molecule has 0 saturated carbocycles. The number of halogens is 1. The van der Waals surface area contributed by atoms with Crippen LogP contribution >= 0.6 is 11.6 Å². The zero-order valence-corrected chi connectivity index (χ0v) is 16.4. The maximum absolute atomic E-state index is 13.0. The van der Waals surface area contributed by atoms with Crippen LogP contribution in [0.15, 0.2) is 58.0 Å². The van der Waals surface area contributed by atoms with E-state index in [-0.39, 0.29) is 10.6 Å². The maximum atomic E-state index is 13.0. The summed E-state index contributed by atoms with van der Waals surface area (Å²) < 4.78 is 32.5. The number of benzene rings is 2. The number of fused-ring (bicyclic) bond motifs is 1. The first-order chi connectivity index (χ1) is 13.3. The van der Waals surface area contributed by atoms with Crippen LogP contribution in [0.25, 0.3) is 0 Å². The summed E-state index contributed by atoms with van der Waals surface area (Å²) in [7, 11) is -3.73. The van der Waals surface area contributed by atoms with Gasteiger partial charge in [0.25, 0.3) is 15.9 Å². The maximum Gasteiger partial charge on any atom is 0.277 e. The molecule has 0 aliphatic carbocycles. The molecule has 0 unspecified atom stereocenters. The number of oxazole rings is 1. The van der Waals surface area contributed by atoms with Crippen LogP contribution < -0.4 is 9.62 Å². The van der Waals surface area contributed by atoms with Gasteiger partial charge >= 0.3 is 0 Å². The normalized spacial score (nSPS) is 13.4. The number of nitrogens with zero attached hydrogens (tertiary/aromatic N) is 2. The molecule has 1 aromatic heterocycles. The van der Waals surface area contributed by atoms with Crippen molar-refractivity contribution in [2.75, 3.05) is 16.2 Å². The minimum atomic E-state index is -3.73. The molecule has 7 nitrogen and oxygen atoms in total. The fourth-order valence-electron chi connectivity index (χ4n) is 3.07. The molecule has 0 radical (unpaired) electrons. The number of rotatable bonds is 4. The van der Waals surface area contributed by atoms with Crippen LogP contribution in [0.3, 0.4) is 0 Å². The van der Waals surface area contributed by atoms with Gasteiger partial charge in [0.05, 0.1) is 10.6 Å². The van der Waals surface area contributed by atoms with Gasteiger partial charge in [0.1, 0.15) is 6.26 Å². The molecular formula is C19H16ClN3O4S. The van der Waals surface area contributed by atoms with E-state index >= 15 is 0 Å². The third-order valence-corrected chi connectivity index (χ3v) is 6.53. The molecule has 3 aromatic rings. The van der Waals surface area contributed by atoms with E-state index in [0.29, 0.717) is 35.3 Å². The highest BCUT2D eigenvalue weighted by Crippen LogP contribution is 2.35. The zero-order valence-electron chi connectivity index (χ0n) is 14.8. The Hall–Kier alpha value is -2.84. The number of carbonyl (C=O) groups is 1. The van der Waals surface area contributed by atoms with E-state index in [0.717, 1.165) is 5.56 Å². The summed E-state index contributed by atoms with van der Waals surface area (Å²) in [6.45, 7) is 1.98. The van der Waals surface area contributed by atoms with Crippen LogP contribution in [0.5, 0.6) is 0 Å². The quantitative estimate of drug-likeness (QED) is 0.699. The van der Waals surface area contributed by atoms with E-state index in [1.807, 2.05) is 6.07 Å². The van der Waals surface area contributed by atoms with Crippen molar-refractivity contribution in [1.29, 1.82) is 0 Å². The number of hydrogen-bond donors (Lipinski definition) is 1. The van der Waals surface area contributed by atoms with Crippen molar-refractivity contribution in [3.8, 4) is 0 Å². The number of aryl methyl sites for hydroxylation is 1. The van der Waals surface area contributed by atoms with E-state index in [1.165, 1.54) is 22.7 Å². The van der Waals surface area contributed by atoms with Crippen LogP contribution in [0, 0.1) is 6.92 Å². The van der Waals surface area contributed by atoms with Crippen LogP contribution in [-0.4, -0.2) is 25.9 Å². The monoisotopic (exact) mass is 417 g/mol. The number of anilines is 2. The van der Waals surface area contributed by atoms with Gasteiger partial charge in [0, 0.05) is 24.2 Å². The zero-order chi connectivity index (χ0) is 19.9. The van der Waals surface area contributed by atoms with Gasteiger partial charge in [-0.05, 0) is 48.4 Å². The number of carbonyl (C=O) groups excluding carboxylic acids is 1. The van der Waals surface area contributed by atoms with Gasteiger partial charge in [-0.2, -0.15) is 0 Å². The van der Waals surface area contributed by atoms with Gasteiger partial charge < -0.3 is 9.73 Å². The third-order valence-electron chi connectivity index (χ3n) is 4.45. The van der Waals surface area contributed by atoms with Crippen molar-refractivity contribution in [3.05, 3.63) is 70.9 Å². The lowest BCUT2D eigenvalue weighted by Gasteiger charge is -2.20. The molecule has 4 rings (SSSR count). The summed E-state index contributed by atoms with van der Waals surface area (Å²) in [4.78, 5) is 16.4. The second-order valence-corrected chi connectivity index (χ2v) is 8.63. The second kappa shape index (κ2) is 6.96. The van der Waals surface area contributed by atoms with Crippen LogP contribution in [0.4, 0.5) is 11.4 Å². The van der Waals surface area contributed by atoms with Gasteiger partial charge in [0.15, 0.2) is 11.6 Å². The minimum Gasteiger partial charge on any atom is -0.448 e. The van der Waals surface area contributed by atoms with Crippen molar-refractivity contribution in [3.63, 3.8) is 0 Å². The molecule has 0 saturated heterocycles. The summed E-state index contributed by atoms with van der Waals surface area (Å²) in [6.07, 6.45) is 1.87. The van der Waals surface area contributed by atoms with E-state index in [9.17, 15) is 13.2 Å². The Bertz CT molecular complexity index is 1160. The van der Waals surface area contributed by atoms with Crippen LogP contribution in [-0.2, 0) is 16.4 Å². The Morgan fingerprint density at radius 2 is 1.96 bits per heavy atom. The van der Waals surface area contributed by atoms with Crippen molar-refractivity contribution < 1.29 is 17.6 Å². The molecule has 0 bridgehead atoms. The Kier molecular flexibility index (Phi) is 4.60. The number of aromatic nitrogens is 1. The van der Waals surface area contributed by atoms with Gasteiger partial charge in [0.2, 0.25) is 0 Å². The summed E-state index contributed by atoms with van der Waals surface area (Å²) in [5, 5.41) is 3.19. The molecule has 2 heterocycles. The van der Waals surface area contributed by atoms with E-state index in [4.69, 9.17) is 16.0 Å². The lowest BCUT2D eigenvalue weighted by molar-refractivity contribution is 0.102. The lowest BCUT2D eigenvalue weighted by atomic mass is 10.1.